The summed E-state index contributed by atoms with van der Waals surface area (Å²) in [7, 11) is 0. The number of hydrogen-bond acceptors (Lipinski definition) is 5. The third-order valence-corrected chi connectivity index (χ3v) is 3.75. The van der Waals surface area contributed by atoms with Crippen LogP contribution in [0, 0.1) is 0 Å². The van der Waals surface area contributed by atoms with Crippen LogP contribution in [0.3, 0.4) is 0 Å². The first-order valence-corrected chi connectivity index (χ1v) is 7.58. The average Bonchev–Trinajstić information content (AvgIpc) is 3.07. The number of nitrogens with one attached hydrogen (secondary N) is 2. The molecule has 114 valence electrons. The highest BCUT2D eigenvalue weighted by Gasteiger charge is 2.18. The molecule has 0 unspecified atom stereocenters. The first-order valence-electron chi connectivity index (χ1n) is 7.58. The molecular weight excluding hydrogens is 278 g/mol. The third kappa shape index (κ3) is 3.78. The summed E-state index contributed by atoms with van der Waals surface area (Å²) < 4.78 is 0. The number of nitrogens with zero attached hydrogens (tertiary/aromatic N) is 3. The van der Waals surface area contributed by atoms with Crippen LogP contribution in [-0.4, -0.2) is 26.9 Å². The summed E-state index contributed by atoms with van der Waals surface area (Å²) >= 11 is 0. The van der Waals surface area contributed by atoms with Gasteiger partial charge in [0.25, 0.3) is 5.91 Å². The van der Waals surface area contributed by atoms with Gasteiger partial charge in [-0.2, -0.15) is 0 Å². The Hall–Kier alpha value is -2.50. The zero-order valence-electron chi connectivity index (χ0n) is 12.3. The summed E-state index contributed by atoms with van der Waals surface area (Å²) in [6, 6.07) is 5.77. The van der Waals surface area contributed by atoms with E-state index in [0.29, 0.717) is 18.2 Å². The van der Waals surface area contributed by atoms with E-state index in [0.717, 1.165) is 18.4 Å². The highest BCUT2D eigenvalue weighted by Crippen LogP contribution is 2.18. The predicted octanol–water partition coefficient (Wildman–Crippen LogP) is 2.16. The summed E-state index contributed by atoms with van der Waals surface area (Å²) in [5, 5.41) is 6.14. The first kappa shape index (κ1) is 14.4. The number of pyridine rings is 1. The number of amides is 1. The standard InChI is InChI=1S/C16H19N5O/c22-15(20-13-5-1-2-6-13)14-7-9-18-16(21-14)19-11-12-4-3-8-17-10-12/h3-4,7-10,13H,1-2,5-6,11H2,(H,20,22)(H,18,19,21). The summed E-state index contributed by atoms with van der Waals surface area (Å²) in [4.78, 5) is 24.7. The quantitative estimate of drug-likeness (QED) is 0.884. The van der Waals surface area contributed by atoms with Crippen LogP contribution < -0.4 is 10.6 Å². The SMILES string of the molecule is O=C(NC1CCCC1)c1ccnc(NCc2cccnc2)n1. The largest absolute Gasteiger partial charge is 0.350 e. The van der Waals surface area contributed by atoms with Crippen molar-refractivity contribution < 1.29 is 4.79 Å². The molecule has 6 nitrogen and oxygen atoms in total. The van der Waals surface area contributed by atoms with Crippen LogP contribution in [0.5, 0.6) is 0 Å². The first-order chi connectivity index (χ1) is 10.8. The zero-order chi connectivity index (χ0) is 15.2. The second kappa shape index (κ2) is 6.98. The maximum Gasteiger partial charge on any atom is 0.270 e. The highest BCUT2D eigenvalue weighted by atomic mass is 16.1. The van der Waals surface area contributed by atoms with Crippen LogP contribution >= 0.6 is 0 Å². The van der Waals surface area contributed by atoms with Gasteiger partial charge < -0.3 is 10.6 Å². The van der Waals surface area contributed by atoms with Crippen LogP contribution in [0.4, 0.5) is 5.95 Å². The molecule has 3 rings (SSSR count). The lowest BCUT2D eigenvalue weighted by atomic mass is 10.2. The van der Waals surface area contributed by atoms with Crippen molar-refractivity contribution in [3.63, 3.8) is 0 Å². The summed E-state index contributed by atoms with van der Waals surface area (Å²) in [6.07, 6.45) is 9.60. The third-order valence-electron chi connectivity index (χ3n) is 3.75. The van der Waals surface area contributed by atoms with Gasteiger partial charge in [0.1, 0.15) is 5.69 Å². The Labute approximate surface area is 129 Å². The van der Waals surface area contributed by atoms with Crippen LogP contribution in [-0.2, 0) is 6.54 Å². The monoisotopic (exact) mass is 297 g/mol. The molecule has 2 aromatic heterocycles. The van der Waals surface area contributed by atoms with Gasteiger partial charge in [-0.25, -0.2) is 9.97 Å². The molecule has 0 spiro atoms. The summed E-state index contributed by atoms with van der Waals surface area (Å²) in [5.74, 6) is 0.321. The van der Waals surface area contributed by atoms with E-state index in [1.54, 1.807) is 24.7 Å². The van der Waals surface area contributed by atoms with Crippen LogP contribution in [0.1, 0.15) is 41.7 Å². The van der Waals surface area contributed by atoms with Crippen LogP contribution in [0.15, 0.2) is 36.8 Å². The van der Waals surface area contributed by atoms with E-state index in [1.807, 2.05) is 12.1 Å². The fraction of sp³-hybridized carbons (Fsp3) is 0.375. The number of aromatic nitrogens is 3. The fourth-order valence-corrected chi connectivity index (χ4v) is 2.58. The van der Waals surface area contributed by atoms with Gasteiger partial charge in [0, 0.05) is 31.2 Å². The number of anilines is 1. The van der Waals surface area contributed by atoms with E-state index >= 15 is 0 Å². The van der Waals surface area contributed by atoms with Crippen LogP contribution in [0.2, 0.25) is 0 Å². The maximum absolute atomic E-state index is 12.2. The molecule has 1 fully saturated rings. The number of rotatable bonds is 5. The average molecular weight is 297 g/mol. The van der Waals surface area contributed by atoms with Crippen molar-refractivity contribution in [2.24, 2.45) is 0 Å². The van der Waals surface area contributed by atoms with Gasteiger partial charge >= 0.3 is 0 Å². The number of hydrogen-bond donors (Lipinski definition) is 2. The Kier molecular flexibility index (Phi) is 4.58. The Balaban J connectivity index is 1.60. The van der Waals surface area contributed by atoms with Gasteiger partial charge in [0.15, 0.2) is 0 Å². The Morgan fingerprint density at radius 2 is 2.09 bits per heavy atom. The minimum atomic E-state index is -0.126. The number of carbonyl (C=O) groups is 1. The molecule has 6 heteroatoms. The van der Waals surface area contributed by atoms with Crippen molar-refractivity contribution in [3.05, 3.63) is 48.0 Å². The molecule has 0 radical (unpaired) electrons. The van der Waals surface area contributed by atoms with Crippen molar-refractivity contribution in [1.29, 1.82) is 0 Å². The minimum absolute atomic E-state index is 0.126. The summed E-state index contributed by atoms with van der Waals surface area (Å²) in [6.45, 7) is 0.571. The van der Waals surface area contributed by atoms with Crippen LogP contribution in [0.25, 0.3) is 0 Å². The lowest BCUT2D eigenvalue weighted by Crippen LogP contribution is -2.33. The van der Waals surface area contributed by atoms with Crippen molar-refractivity contribution in [2.75, 3.05) is 5.32 Å². The second-order valence-corrected chi connectivity index (χ2v) is 5.44. The molecule has 1 saturated carbocycles. The molecule has 2 aromatic rings. The Bertz CT molecular complexity index is 625. The van der Waals surface area contributed by atoms with Gasteiger partial charge in [0.05, 0.1) is 0 Å². The smallest absolute Gasteiger partial charge is 0.270 e. The van der Waals surface area contributed by atoms with Crippen molar-refractivity contribution in [1.82, 2.24) is 20.3 Å². The molecule has 2 N–H and O–H groups in total. The predicted molar refractivity (Wildman–Crippen MR) is 83.3 cm³/mol. The molecule has 0 aromatic carbocycles. The van der Waals surface area contributed by atoms with Gasteiger partial charge in [-0.3, -0.25) is 9.78 Å². The Morgan fingerprint density at radius 1 is 1.23 bits per heavy atom. The normalized spacial score (nSPS) is 14.7. The van der Waals surface area contributed by atoms with E-state index in [-0.39, 0.29) is 11.9 Å². The molecule has 1 aliphatic carbocycles. The van der Waals surface area contributed by atoms with Gasteiger partial charge in [-0.15, -0.1) is 0 Å². The van der Waals surface area contributed by atoms with Gasteiger partial charge in [-0.05, 0) is 30.5 Å². The molecule has 22 heavy (non-hydrogen) atoms. The van der Waals surface area contributed by atoms with E-state index in [2.05, 4.69) is 25.6 Å². The fourth-order valence-electron chi connectivity index (χ4n) is 2.58. The molecule has 0 aliphatic heterocycles. The number of carbonyl (C=O) groups excluding carboxylic acids is 1. The maximum atomic E-state index is 12.2. The van der Waals surface area contributed by atoms with Gasteiger partial charge in [-0.1, -0.05) is 18.9 Å². The minimum Gasteiger partial charge on any atom is -0.350 e. The van der Waals surface area contributed by atoms with E-state index < -0.39 is 0 Å². The van der Waals surface area contributed by atoms with Gasteiger partial charge in [0.2, 0.25) is 5.95 Å². The molecular formula is C16H19N5O. The molecule has 0 saturated heterocycles. The molecule has 1 amide bonds. The van der Waals surface area contributed by atoms with Crippen molar-refractivity contribution >= 4 is 11.9 Å². The summed E-state index contributed by atoms with van der Waals surface area (Å²) in [5.41, 5.74) is 1.43. The molecule has 0 atom stereocenters. The van der Waals surface area contributed by atoms with E-state index in [9.17, 15) is 4.79 Å². The second-order valence-electron chi connectivity index (χ2n) is 5.44. The topological polar surface area (TPSA) is 79.8 Å². The lowest BCUT2D eigenvalue weighted by Gasteiger charge is -2.11. The molecule has 1 aliphatic rings. The zero-order valence-corrected chi connectivity index (χ0v) is 12.3. The Morgan fingerprint density at radius 3 is 2.86 bits per heavy atom. The molecule has 2 heterocycles. The molecule has 0 bridgehead atoms. The van der Waals surface area contributed by atoms with Crippen molar-refractivity contribution in [3.8, 4) is 0 Å². The lowest BCUT2D eigenvalue weighted by molar-refractivity contribution is 0.0933. The van der Waals surface area contributed by atoms with E-state index in [4.69, 9.17) is 0 Å². The van der Waals surface area contributed by atoms with E-state index in [1.165, 1.54) is 12.8 Å². The van der Waals surface area contributed by atoms with Crippen molar-refractivity contribution in [2.45, 2.75) is 38.3 Å². The highest BCUT2D eigenvalue weighted by molar-refractivity contribution is 5.92.